The Morgan fingerprint density at radius 3 is 2.33 bits per heavy atom. The summed E-state index contributed by atoms with van der Waals surface area (Å²) in [7, 11) is 0. The number of nitrogens with zero attached hydrogens (tertiary/aromatic N) is 2. The van der Waals surface area contributed by atoms with Gasteiger partial charge in [-0.15, -0.1) is 0 Å². The Balaban J connectivity index is 2.67. The SMILES string of the molecule is CCN(CC)C1CCN(C(=O)C(C)(C)C(=O)O)C1. The summed E-state index contributed by atoms with van der Waals surface area (Å²) < 4.78 is 0. The lowest BCUT2D eigenvalue weighted by atomic mass is 9.92. The fourth-order valence-electron chi connectivity index (χ4n) is 2.45. The Labute approximate surface area is 109 Å². The molecule has 1 fully saturated rings. The molecule has 0 aromatic rings. The van der Waals surface area contributed by atoms with Crippen molar-refractivity contribution in [2.45, 2.75) is 40.2 Å². The molecule has 0 spiro atoms. The van der Waals surface area contributed by atoms with Crippen LogP contribution < -0.4 is 0 Å². The molecule has 1 N–H and O–H groups in total. The Morgan fingerprint density at radius 1 is 1.33 bits per heavy atom. The van der Waals surface area contributed by atoms with Gasteiger partial charge < -0.3 is 10.0 Å². The molecule has 1 heterocycles. The first-order chi connectivity index (χ1) is 8.34. The topological polar surface area (TPSA) is 60.9 Å². The van der Waals surface area contributed by atoms with Crippen LogP contribution in [0.2, 0.25) is 0 Å². The molecule has 5 heteroatoms. The summed E-state index contributed by atoms with van der Waals surface area (Å²) in [5.41, 5.74) is -1.32. The van der Waals surface area contributed by atoms with Crippen molar-refractivity contribution in [2.24, 2.45) is 5.41 Å². The second-order valence-corrected chi connectivity index (χ2v) is 5.35. The third-order valence-corrected chi connectivity index (χ3v) is 3.85. The molecule has 1 rings (SSSR count). The quantitative estimate of drug-likeness (QED) is 0.747. The second-order valence-electron chi connectivity index (χ2n) is 5.35. The molecular weight excluding hydrogens is 232 g/mol. The summed E-state index contributed by atoms with van der Waals surface area (Å²) in [4.78, 5) is 27.3. The molecule has 0 aliphatic carbocycles. The summed E-state index contributed by atoms with van der Waals surface area (Å²) in [6.45, 7) is 10.4. The minimum absolute atomic E-state index is 0.273. The lowest BCUT2D eigenvalue weighted by molar-refractivity contribution is -0.157. The van der Waals surface area contributed by atoms with Gasteiger partial charge in [-0.1, -0.05) is 13.8 Å². The molecule has 0 radical (unpaired) electrons. The van der Waals surface area contributed by atoms with Gasteiger partial charge in [0.15, 0.2) is 0 Å². The van der Waals surface area contributed by atoms with Crippen LogP contribution in [0.15, 0.2) is 0 Å². The van der Waals surface area contributed by atoms with Gasteiger partial charge in [0.1, 0.15) is 5.41 Å². The summed E-state index contributed by atoms with van der Waals surface area (Å²) in [5.74, 6) is -1.33. The lowest BCUT2D eigenvalue weighted by Gasteiger charge is -2.28. The van der Waals surface area contributed by atoms with Crippen LogP contribution in [0.5, 0.6) is 0 Å². The van der Waals surface area contributed by atoms with E-state index in [1.807, 2.05) is 0 Å². The van der Waals surface area contributed by atoms with Gasteiger partial charge >= 0.3 is 5.97 Å². The van der Waals surface area contributed by atoms with Crippen molar-refractivity contribution >= 4 is 11.9 Å². The van der Waals surface area contributed by atoms with E-state index in [-0.39, 0.29) is 5.91 Å². The average molecular weight is 256 g/mol. The van der Waals surface area contributed by atoms with Crippen molar-refractivity contribution in [3.05, 3.63) is 0 Å². The zero-order valence-electron chi connectivity index (χ0n) is 11.8. The van der Waals surface area contributed by atoms with Gasteiger partial charge in [-0.05, 0) is 33.4 Å². The van der Waals surface area contributed by atoms with Crippen molar-refractivity contribution in [1.82, 2.24) is 9.80 Å². The molecule has 1 aliphatic heterocycles. The number of carboxylic acids is 1. The highest BCUT2D eigenvalue weighted by atomic mass is 16.4. The lowest BCUT2D eigenvalue weighted by Crippen LogP contribution is -2.46. The summed E-state index contributed by atoms with van der Waals surface area (Å²) in [5, 5.41) is 9.08. The predicted molar refractivity (Wildman–Crippen MR) is 69.3 cm³/mol. The highest BCUT2D eigenvalue weighted by Crippen LogP contribution is 2.24. The first-order valence-corrected chi connectivity index (χ1v) is 6.61. The first kappa shape index (κ1) is 15.0. The number of carboxylic acid groups (broad SMARTS) is 1. The smallest absolute Gasteiger partial charge is 0.318 e. The van der Waals surface area contributed by atoms with E-state index in [0.717, 1.165) is 19.5 Å². The number of carbonyl (C=O) groups excluding carboxylic acids is 1. The third-order valence-electron chi connectivity index (χ3n) is 3.85. The third kappa shape index (κ3) is 2.83. The maximum Gasteiger partial charge on any atom is 0.318 e. The minimum Gasteiger partial charge on any atom is -0.480 e. The van der Waals surface area contributed by atoms with Crippen molar-refractivity contribution < 1.29 is 14.7 Å². The van der Waals surface area contributed by atoms with Crippen LogP contribution in [-0.2, 0) is 9.59 Å². The van der Waals surface area contributed by atoms with Gasteiger partial charge in [0.2, 0.25) is 5.91 Å². The minimum atomic E-state index is -1.32. The number of aliphatic carboxylic acids is 1. The molecule has 0 saturated carbocycles. The van der Waals surface area contributed by atoms with E-state index >= 15 is 0 Å². The fraction of sp³-hybridized carbons (Fsp3) is 0.846. The van der Waals surface area contributed by atoms with E-state index < -0.39 is 11.4 Å². The van der Waals surface area contributed by atoms with Gasteiger partial charge in [-0.3, -0.25) is 14.5 Å². The fourth-order valence-corrected chi connectivity index (χ4v) is 2.45. The average Bonchev–Trinajstić information content (AvgIpc) is 2.78. The maximum absolute atomic E-state index is 12.2. The number of likely N-dealkylation sites (N-methyl/N-ethyl adjacent to an activating group) is 1. The van der Waals surface area contributed by atoms with Gasteiger partial charge in [0.25, 0.3) is 0 Å². The van der Waals surface area contributed by atoms with Crippen molar-refractivity contribution in [3.63, 3.8) is 0 Å². The van der Waals surface area contributed by atoms with E-state index in [1.165, 1.54) is 13.8 Å². The van der Waals surface area contributed by atoms with Crippen molar-refractivity contribution in [1.29, 1.82) is 0 Å². The standard InChI is InChI=1S/C13H24N2O3/c1-5-14(6-2)10-7-8-15(9-10)11(16)13(3,4)12(17)18/h10H,5-9H2,1-4H3,(H,17,18). The first-order valence-electron chi connectivity index (χ1n) is 6.61. The molecule has 0 aromatic heterocycles. The molecule has 0 bridgehead atoms. The highest BCUT2D eigenvalue weighted by molar-refractivity contribution is 6.01. The van der Waals surface area contributed by atoms with Crippen LogP contribution >= 0.6 is 0 Å². The molecule has 18 heavy (non-hydrogen) atoms. The van der Waals surface area contributed by atoms with E-state index in [9.17, 15) is 9.59 Å². The number of likely N-dealkylation sites (tertiary alicyclic amines) is 1. The van der Waals surface area contributed by atoms with E-state index in [4.69, 9.17) is 5.11 Å². The molecule has 5 nitrogen and oxygen atoms in total. The van der Waals surface area contributed by atoms with Crippen LogP contribution in [-0.4, -0.2) is 59.0 Å². The Bertz CT molecular complexity index is 324. The molecule has 1 saturated heterocycles. The zero-order valence-corrected chi connectivity index (χ0v) is 11.8. The summed E-state index contributed by atoms with van der Waals surface area (Å²) in [6.07, 6.45) is 0.934. The largest absolute Gasteiger partial charge is 0.480 e. The number of hydrogen-bond acceptors (Lipinski definition) is 3. The highest BCUT2D eigenvalue weighted by Gasteiger charge is 2.41. The number of hydrogen-bond donors (Lipinski definition) is 1. The van der Waals surface area contributed by atoms with E-state index in [1.54, 1.807) is 4.90 Å². The Morgan fingerprint density at radius 2 is 1.89 bits per heavy atom. The van der Waals surface area contributed by atoms with Gasteiger partial charge in [-0.25, -0.2) is 0 Å². The van der Waals surface area contributed by atoms with Gasteiger partial charge in [-0.2, -0.15) is 0 Å². The Hall–Kier alpha value is -1.10. The van der Waals surface area contributed by atoms with Crippen LogP contribution in [0, 0.1) is 5.41 Å². The number of amides is 1. The molecule has 0 aromatic carbocycles. The molecule has 1 aliphatic rings. The molecular formula is C13H24N2O3. The molecule has 1 amide bonds. The number of carbonyl (C=O) groups is 2. The monoisotopic (exact) mass is 256 g/mol. The van der Waals surface area contributed by atoms with Crippen LogP contribution in [0.25, 0.3) is 0 Å². The molecule has 1 unspecified atom stereocenters. The predicted octanol–water partition coefficient (Wildman–Crippen LogP) is 1.04. The van der Waals surface area contributed by atoms with E-state index in [0.29, 0.717) is 19.1 Å². The van der Waals surface area contributed by atoms with Crippen LogP contribution in [0.1, 0.15) is 34.1 Å². The van der Waals surface area contributed by atoms with Gasteiger partial charge in [0, 0.05) is 19.1 Å². The summed E-state index contributed by atoms with van der Waals surface area (Å²) in [6, 6.07) is 0.369. The van der Waals surface area contributed by atoms with Crippen molar-refractivity contribution in [2.75, 3.05) is 26.2 Å². The number of rotatable bonds is 5. The second kappa shape index (κ2) is 5.69. The normalized spacial score (nSPS) is 20.5. The Kier molecular flexibility index (Phi) is 4.73. The maximum atomic E-state index is 12.2. The van der Waals surface area contributed by atoms with E-state index in [2.05, 4.69) is 18.7 Å². The van der Waals surface area contributed by atoms with Gasteiger partial charge in [0.05, 0.1) is 0 Å². The molecule has 1 atom stereocenters. The van der Waals surface area contributed by atoms with Crippen molar-refractivity contribution in [3.8, 4) is 0 Å². The zero-order chi connectivity index (χ0) is 13.9. The summed E-state index contributed by atoms with van der Waals surface area (Å²) >= 11 is 0. The van der Waals surface area contributed by atoms with Crippen LogP contribution in [0.4, 0.5) is 0 Å². The molecule has 104 valence electrons. The van der Waals surface area contributed by atoms with Crippen LogP contribution in [0.3, 0.4) is 0 Å².